The van der Waals surface area contributed by atoms with Gasteiger partial charge in [-0.2, -0.15) is 0 Å². The van der Waals surface area contributed by atoms with E-state index in [0.29, 0.717) is 19.5 Å². The summed E-state index contributed by atoms with van der Waals surface area (Å²) in [5, 5.41) is 7.38. The highest BCUT2D eigenvalue weighted by atomic mass is 16.2. The molecule has 0 saturated carbocycles. The molecule has 3 heterocycles. The van der Waals surface area contributed by atoms with E-state index in [1.807, 2.05) is 55.5 Å². The second-order valence-corrected chi connectivity index (χ2v) is 14.5. The van der Waals surface area contributed by atoms with Crippen LogP contribution in [0.2, 0.25) is 0 Å². The van der Waals surface area contributed by atoms with Crippen molar-refractivity contribution < 1.29 is 14.4 Å². The number of rotatable bonds is 8. The van der Waals surface area contributed by atoms with Gasteiger partial charge in [0.05, 0.1) is 5.92 Å². The molecule has 9 heteroatoms. The van der Waals surface area contributed by atoms with Crippen molar-refractivity contribution in [1.29, 1.82) is 0 Å². The maximum Gasteiger partial charge on any atom is 0.315 e. The maximum atomic E-state index is 14.4. The third kappa shape index (κ3) is 6.95. The minimum Gasteiger partial charge on any atom is -0.361 e. The summed E-state index contributed by atoms with van der Waals surface area (Å²) in [5.74, 6) is -0.0772. The quantitative estimate of drug-likeness (QED) is 0.243. The monoisotopic (exact) mass is 660 g/mol. The van der Waals surface area contributed by atoms with Gasteiger partial charge in [0, 0.05) is 75.3 Å². The number of aromatic amines is 1. The van der Waals surface area contributed by atoms with Crippen LogP contribution in [0.15, 0.2) is 85.1 Å². The number of piperidine rings is 2. The summed E-state index contributed by atoms with van der Waals surface area (Å²) in [5.41, 5.74) is 5.53. The molecule has 1 aromatic heterocycles. The number of para-hydroxylation sites is 1. The number of hydrogen-bond acceptors (Lipinski definition) is 4. The van der Waals surface area contributed by atoms with E-state index in [-0.39, 0.29) is 35.2 Å². The van der Waals surface area contributed by atoms with E-state index < -0.39 is 6.04 Å². The maximum absolute atomic E-state index is 14.4. The highest BCUT2D eigenvalue weighted by Crippen LogP contribution is 2.52. The first kappa shape index (κ1) is 32.9. The van der Waals surface area contributed by atoms with E-state index in [1.165, 1.54) is 11.1 Å². The molecule has 3 atom stereocenters. The van der Waals surface area contributed by atoms with Gasteiger partial charge >= 0.3 is 6.03 Å². The van der Waals surface area contributed by atoms with Crippen LogP contribution in [0.5, 0.6) is 0 Å². The number of amides is 4. The average Bonchev–Trinajstić information content (AvgIpc) is 3.67. The van der Waals surface area contributed by atoms with Gasteiger partial charge in [0.1, 0.15) is 6.04 Å². The zero-order valence-corrected chi connectivity index (χ0v) is 28.7. The SMILES string of the molecule is CN(C)C(=O)[C@@H]1CC2(CCN(C(=O)C(Cc3c[nH]c4ccccc34)NC(=O)NC3CCCN(Cc4ccccc4)C3)CC2)c2ccccc21. The first-order valence-electron chi connectivity index (χ1n) is 17.8. The fraction of sp³-hybridized carbons (Fsp3) is 0.425. The molecule has 2 saturated heterocycles. The van der Waals surface area contributed by atoms with Crippen molar-refractivity contribution in [3.8, 4) is 0 Å². The van der Waals surface area contributed by atoms with Gasteiger partial charge < -0.3 is 25.4 Å². The van der Waals surface area contributed by atoms with E-state index in [9.17, 15) is 14.4 Å². The largest absolute Gasteiger partial charge is 0.361 e. The topological polar surface area (TPSA) is 101 Å². The molecule has 49 heavy (non-hydrogen) atoms. The van der Waals surface area contributed by atoms with Crippen molar-refractivity contribution in [3.05, 3.63) is 107 Å². The summed E-state index contributed by atoms with van der Waals surface area (Å²) >= 11 is 0. The Hall–Kier alpha value is -4.63. The minimum absolute atomic E-state index is 0.0106. The number of benzene rings is 3. The Kier molecular flexibility index (Phi) is 9.45. The van der Waals surface area contributed by atoms with Crippen LogP contribution in [0.4, 0.5) is 4.79 Å². The van der Waals surface area contributed by atoms with Crippen molar-refractivity contribution in [2.24, 2.45) is 0 Å². The lowest BCUT2D eigenvalue weighted by atomic mass is 9.73. The lowest BCUT2D eigenvalue weighted by Gasteiger charge is -2.41. The molecule has 2 fully saturated rings. The molecule has 2 aliphatic heterocycles. The highest BCUT2D eigenvalue weighted by Gasteiger charge is 2.48. The number of H-pyrrole nitrogens is 1. The molecule has 1 aliphatic carbocycles. The summed E-state index contributed by atoms with van der Waals surface area (Å²) in [6.45, 7) is 3.80. The number of carbonyl (C=O) groups is 3. The van der Waals surface area contributed by atoms with Crippen LogP contribution in [-0.4, -0.2) is 89.9 Å². The number of urea groups is 1. The number of carbonyl (C=O) groups excluding carboxylic acids is 3. The number of nitrogens with one attached hydrogen (secondary N) is 3. The molecule has 4 amide bonds. The highest BCUT2D eigenvalue weighted by molar-refractivity contribution is 5.90. The lowest BCUT2D eigenvalue weighted by Crippen LogP contribution is -2.57. The molecule has 2 unspecified atom stereocenters. The zero-order valence-electron chi connectivity index (χ0n) is 28.7. The summed E-state index contributed by atoms with van der Waals surface area (Å²) in [7, 11) is 3.65. The summed E-state index contributed by atoms with van der Waals surface area (Å²) < 4.78 is 0. The number of aromatic nitrogens is 1. The Morgan fingerprint density at radius 3 is 2.47 bits per heavy atom. The molecule has 7 rings (SSSR count). The van der Waals surface area contributed by atoms with E-state index in [2.05, 4.69) is 69.0 Å². The van der Waals surface area contributed by atoms with Gasteiger partial charge in [-0.25, -0.2) is 4.79 Å². The molecule has 3 aliphatic rings. The van der Waals surface area contributed by atoms with Gasteiger partial charge in [-0.05, 0) is 67.0 Å². The van der Waals surface area contributed by atoms with Crippen molar-refractivity contribution in [3.63, 3.8) is 0 Å². The number of nitrogens with zero attached hydrogens (tertiary/aromatic N) is 3. The van der Waals surface area contributed by atoms with E-state index in [4.69, 9.17) is 0 Å². The Labute approximate surface area is 289 Å². The summed E-state index contributed by atoms with van der Waals surface area (Å²) in [4.78, 5) is 50.5. The van der Waals surface area contributed by atoms with Crippen LogP contribution in [0.25, 0.3) is 10.9 Å². The predicted molar refractivity (Wildman–Crippen MR) is 192 cm³/mol. The second kappa shape index (κ2) is 14.1. The van der Waals surface area contributed by atoms with Crippen molar-refractivity contribution >= 4 is 28.7 Å². The van der Waals surface area contributed by atoms with Crippen molar-refractivity contribution in [1.82, 2.24) is 30.3 Å². The number of hydrogen-bond donors (Lipinski definition) is 3. The number of likely N-dealkylation sites (N-methyl/N-ethyl adjacent to an activating group) is 1. The Morgan fingerprint density at radius 2 is 1.67 bits per heavy atom. The smallest absolute Gasteiger partial charge is 0.315 e. The molecule has 9 nitrogen and oxygen atoms in total. The molecular formula is C40H48N6O3. The predicted octanol–water partition coefficient (Wildman–Crippen LogP) is 5.18. The molecular weight excluding hydrogens is 612 g/mol. The molecule has 0 bridgehead atoms. The first-order chi connectivity index (χ1) is 23.8. The Balaban J connectivity index is 1.05. The second-order valence-electron chi connectivity index (χ2n) is 14.5. The Morgan fingerprint density at radius 1 is 0.939 bits per heavy atom. The summed E-state index contributed by atoms with van der Waals surface area (Å²) in [6, 6.07) is 25.9. The standard InChI is InChI=1S/C40H48N6O3/c1-44(2)37(47)33-24-40(34-16-8-6-15-32(33)34)18-21-46(22-19-40)38(48)36(23-29-25-41-35-17-9-7-14-31(29)35)43-39(49)42-30-13-10-20-45(27-30)26-28-11-4-3-5-12-28/h3-9,11-12,14-17,25,30,33,36,41H,10,13,18-24,26-27H2,1-2H3,(H2,42,43,49)/t30?,33-,36?/m1/s1. The number of likely N-dealkylation sites (tertiary alicyclic amines) is 2. The van der Waals surface area contributed by atoms with E-state index in [1.54, 1.807) is 4.90 Å². The van der Waals surface area contributed by atoms with Gasteiger partial charge in [-0.15, -0.1) is 0 Å². The van der Waals surface area contributed by atoms with Gasteiger partial charge in [-0.1, -0.05) is 72.8 Å². The van der Waals surface area contributed by atoms with Gasteiger partial charge in [-0.3, -0.25) is 14.5 Å². The van der Waals surface area contributed by atoms with Gasteiger partial charge in [0.2, 0.25) is 11.8 Å². The van der Waals surface area contributed by atoms with Crippen molar-refractivity contribution in [2.75, 3.05) is 40.3 Å². The molecule has 0 radical (unpaired) electrons. The summed E-state index contributed by atoms with van der Waals surface area (Å²) in [6.07, 6.45) is 6.62. The van der Waals surface area contributed by atoms with Crippen LogP contribution in [0.3, 0.4) is 0 Å². The number of fused-ring (bicyclic) bond motifs is 3. The lowest BCUT2D eigenvalue weighted by molar-refractivity contribution is -0.135. The fourth-order valence-electron chi connectivity index (χ4n) is 8.54. The van der Waals surface area contributed by atoms with Crippen LogP contribution in [0.1, 0.15) is 60.3 Å². The molecule has 1 spiro atoms. The normalized spacial score (nSPS) is 20.9. The van der Waals surface area contributed by atoms with Crippen LogP contribution in [-0.2, 0) is 28.0 Å². The third-order valence-corrected chi connectivity index (χ3v) is 11.1. The van der Waals surface area contributed by atoms with Gasteiger partial charge in [0.25, 0.3) is 0 Å². The van der Waals surface area contributed by atoms with Crippen LogP contribution in [0, 0.1) is 0 Å². The molecule has 256 valence electrons. The average molecular weight is 661 g/mol. The fourth-order valence-corrected chi connectivity index (χ4v) is 8.54. The van der Waals surface area contributed by atoms with Gasteiger partial charge in [0.15, 0.2) is 0 Å². The Bertz CT molecular complexity index is 1790. The third-order valence-electron chi connectivity index (χ3n) is 11.1. The van der Waals surface area contributed by atoms with Crippen LogP contribution >= 0.6 is 0 Å². The van der Waals surface area contributed by atoms with E-state index >= 15 is 0 Å². The van der Waals surface area contributed by atoms with Crippen LogP contribution < -0.4 is 10.6 Å². The zero-order chi connectivity index (χ0) is 34.0. The molecule has 3 aromatic carbocycles. The first-order valence-corrected chi connectivity index (χ1v) is 17.8. The van der Waals surface area contributed by atoms with Crippen molar-refractivity contribution in [2.45, 2.75) is 68.5 Å². The minimum atomic E-state index is -0.712. The molecule has 4 aromatic rings. The van der Waals surface area contributed by atoms with E-state index in [0.717, 1.165) is 73.8 Å². The molecule has 3 N–H and O–H groups in total.